The fourth-order valence-corrected chi connectivity index (χ4v) is 1.87. The molecule has 0 amide bonds. The van der Waals surface area contributed by atoms with E-state index in [9.17, 15) is 9.90 Å². The summed E-state index contributed by atoms with van der Waals surface area (Å²) in [5.74, 6) is -0.438. The summed E-state index contributed by atoms with van der Waals surface area (Å²) in [7, 11) is 1.63. The Morgan fingerprint density at radius 2 is 1.95 bits per heavy atom. The van der Waals surface area contributed by atoms with Crippen molar-refractivity contribution in [3.8, 4) is 5.75 Å². The molecule has 5 heteroatoms. The van der Waals surface area contributed by atoms with Crippen molar-refractivity contribution in [2.75, 3.05) is 13.7 Å². The maximum Gasteiger partial charge on any atom is 0.160 e. The number of methoxy groups -OCH3 is 1. The maximum atomic E-state index is 10.6. The molecule has 0 saturated heterocycles. The summed E-state index contributed by atoms with van der Waals surface area (Å²) in [6.07, 6.45) is 1.26. The minimum atomic E-state index is -1.25. The average molecular weight is 296 g/mol. The molecular formula is C16H24O5. The first-order valence-electron chi connectivity index (χ1n) is 6.99. The van der Waals surface area contributed by atoms with Crippen molar-refractivity contribution >= 4 is 6.29 Å². The normalized spacial score (nSPS) is 13.0. The van der Waals surface area contributed by atoms with Gasteiger partial charge in [-0.1, -0.05) is 12.1 Å². The third kappa shape index (κ3) is 7.80. The van der Waals surface area contributed by atoms with Crippen molar-refractivity contribution in [3.63, 3.8) is 0 Å². The van der Waals surface area contributed by atoms with Crippen LogP contribution >= 0.6 is 0 Å². The van der Waals surface area contributed by atoms with Gasteiger partial charge in [0.1, 0.15) is 12.0 Å². The van der Waals surface area contributed by atoms with Crippen LogP contribution in [-0.4, -0.2) is 37.0 Å². The Bertz CT molecular complexity index is 408. The van der Waals surface area contributed by atoms with Gasteiger partial charge in [-0.15, -0.1) is 0 Å². The zero-order chi connectivity index (χ0) is 15.7. The maximum absolute atomic E-state index is 10.6. The van der Waals surface area contributed by atoms with E-state index in [0.29, 0.717) is 19.6 Å². The molecule has 0 aliphatic carbocycles. The second kappa shape index (κ2) is 8.77. The van der Waals surface area contributed by atoms with Gasteiger partial charge in [-0.3, -0.25) is 0 Å². The molecule has 1 atom stereocenters. The average Bonchev–Trinajstić information content (AvgIpc) is 2.43. The molecule has 0 saturated carbocycles. The number of hydrogen-bond acceptors (Lipinski definition) is 5. The van der Waals surface area contributed by atoms with Crippen molar-refractivity contribution < 1.29 is 24.1 Å². The van der Waals surface area contributed by atoms with Gasteiger partial charge in [-0.05, 0) is 38.0 Å². The first kappa shape index (κ1) is 17.6. The van der Waals surface area contributed by atoms with Crippen LogP contribution < -0.4 is 4.74 Å². The summed E-state index contributed by atoms with van der Waals surface area (Å²) in [5.41, 5.74) is 1.05. The van der Waals surface area contributed by atoms with E-state index in [1.807, 2.05) is 24.3 Å². The Morgan fingerprint density at radius 3 is 2.48 bits per heavy atom. The van der Waals surface area contributed by atoms with Crippen LogP contribution in [0.15, 0.2) is 24.3 Å². The zero-order valence-electron chi connectivity index (χ0n) is 12.9. The van der Waals surface area contributed by atoms with Gasteiger partial charge in [-0.25, -0.2) is 0 Å². The molecule has 0 spiro atoms. The standard InChI is InChI=1S/C16H24O5/c1-16(2,18)21-15(8-10-17)9-11-20-12-13-4-6-14(19-3)7-5-13/h4-7,10,15,18H,8-9,11-12H2,1-3H3/t15-/m1/s1. The number of rotatable bonds is 10. The fraction of sp³-hybridized carbons (Fsp3) is 0.562. The second-order valence-corrected chi connectivity index (χ2v) is 5.28. The van der Waals surface area contributed by atoms with Gasteiger partial charge in [0.15, 0.2) is 5.79 Å². The Hall–Kier alpha value is -1.43. The highest BCUT2D eigenvalue weighted by atomic mass is 16.6. The summed E-state index contributed by atoms with van der Waals surface area (Å²) in [5, 5.41) is 9.61. The van der Waals surface area contributed by atoms with Crippen LogP contribution in [0, 0.1) is 0 Å². The number of hydrogen-bond donors (Lipinski definition) is 1. The predicted octanol–water partition coefficient (Wildman–Crippen LogP) is 2.30. The third-order valence-electron chi connectivity index (χ3n) is 2.83. The van der Waals surface area contributed by atoms with Gasteiger partial charge in [0.05, 0.1) is 19.8 Å². The quantitative estimate of drug-likeness (QED) is 0.408. The molecule has 5 nitrogen and oxygen atoms in total. The molecule has 118 valence electrons. The SMILES string of the molecule is COc1ccc(COCC[C@@H](CC=O)OC(C)(C)O)cc1. The fourth-order valence-electron chi connectivity index (χ4n) is 1.87. The molecule has 0 aliphatic heterocycles. The lowest BCUT2D eigenvalue weighted by Crippen LogP contribution is -2.31. The Kier molecular flexibility index (Phi) is 7.36. The largest absolute Gasteiger partial charge is 0.497 e. The molecule has 1 N–H and O–H groups in total. The van der Waals surface area contributed by atoms with Crippen molar-refractivity contribution in [3.05, 3.63) is 29.8 Å². The Balaban J connectivity index is 2.31. The van der Waals surface area contributed by atoms with Crippen molar-refractivity contribution in [1.29, 1.82) is 0 Å². The molecule has 1 aromatic rings. The number of aldehydes is 1. The molecule has 0 radical (unpaired) electrons. The van der Waals surface area contributed by atoms with Gasteiger partial charge in [0, 0.05) is 13.0 Å². The molecular weight excluding hydrogens is 272 g/mol. The third-order valence-corrected chi connectivity index (χ3v) is 2.83. The van der Waals surface area contributed by atoms with Crippen molar-refractivity contribution in [1.82, 2.24) is 0 Å². The van der Waals surface area contributed by atoms with E-state index in [1.54, 1.807) is 21.0 Å². The lowest BCUT2D eigenvalue weighted by molar-refractivity contribution is -0.208. The molecule has 0 aliphatic rings. The Morgan fingerprint density at radius 1 is 1.29 bits per heavy atom. The number of aliphatic hydroxyl groups is 1. The van der Waals surface area contributed by atoms with Gasteiger partial charge in [0.25, 0.3) is 0 Å². The molecule has 0 heterocycles. The molecule has 1 aromatic carbocycles. The molecule has 0 unspecified atom stereocenters. The van der Waals surface area contributed by atoms with Gasteiger partial charge in [0.2, 0.25) is 0 Å². The highest BCUT2D eigenvalue weighted by molar-refractivity contribution is 5.50. The monoisotopic (exact) mass is 296 g/mol. The van der Waals surface area contributed by atoms with E-state index >= 15 is 0 Å². The number of ether oxygens (including phenoxy) is 3. The van der Waals surface area contributed by atoms with Crippen LogP contribution in [-0.2, 0) is 20.9 Å². The number of carbonyl (C=O) groups is 1. The molecule has 0 aromatic heterocycles. The molecule has 0 bridgehead atoms. The zero-order valence-corrected chi connectivity index (χ0v) is 12.9. The number of benzene rings is 1. The van der Waals surface area contributed by atoms with E-state index in [0.717, 1.165) is 17.6 Å². The van der Waals surface area contributed by atoms with Crippen LogP contribution in [0.3, 0.4) is 0 Å². The van der Waals surface area contributed by atoms with Crippen molar-refractivity contribution in [2.45, 2.75) is 45.2 Å². The smallest absolute Gasteiger partial charge is 0.160 e. The van der Waals surface area contributed by atoms with E-state index < -0.39 is 5.79 Å². The summed E-state index contributed by atoms with van der Waals surface area (Å²) in [6.45, 7) is 4.03. The van der Waals surface area contributed by atoms with E-state index in [4.69, 9.17) is 14.2 Å². The van der Waals surface area contributed by atoms with Crippen molar-refractivity contribution in [2.24, 2.45) is 0 Å². The predicted molar refractivity (Wildman–Crippen MR) is 79.1 cm³/mol. The lowest BCUT2D eigenvalue weighted by Gasteiger charge is -2.25. The van der Waals surface area contributed by atoms with E-state index in [2.05, 4.69) is 0 Å². The summed E-state index contributed by atoms with van der Waals surface area (Å²) < 4.78 is 16.0. The van der Waals surface area contributed by atoms with Gasteiger partial charge >= 0.3 is 0 Å². The molecule has 21 heavy (non-hydrogen) atoms. The first-order chi connectivity index (χ1) is 9.94. The highest BCUT2D eigenvalue weighted by Crippen LogP contribution is 2.14. The lowest BCUT2D eigenvalue weighted by atomic mass is 10.2. The topological polar surface area (TPSA) is 65.0 Å². The van der Waals surface area contributed by atoms with Crippen LogP contribution in [0.4, 0.5) is 0 Å². The minimum Gasteiger partial charge on any atom is -0.497 e. The Labute approximate surface area is 125 Å². The van der Waals surface area contributed by atoms with Gasteiger partial charge in [-0.2, -0.15) is 0 Å². The highest BCUT2D eigenvalue weighted by Gasteiger charge is 2.20. The van der Waals surface area contributed by atoms with Crippen LogP contribution in [0.5, 0.6) is 5.75 Å². The van der Waals surface area contributed by atoms with Crippen LogP contribution in [0.25, 0.3) is 0 Å². The second-order valence-electron chi connectivity index (χ2n) is 5.28. The minimum absolute atomic E-state index is 0.246. The van der Waals surface area contributed by atoms with Gasteiger partial charge < -0.3 is 24.1 Å². The molecule has 1 rings (SSSR count). The number of carbonyl (C=O) groups excluding carboxylic acids is 1. The molecule has 0 fully saturated rings. The van der Waals surface area contributed by atoms with E-state index in [1.165, 1.54) is 0 Å². The summed E-state index contributed by atoms with van der Waals surface area (Å²) in [6, 6.07) is 7.64. The summed E-state index contributed by atoms with van der Waals surface area (Å²) >= 11 is 0. The van der Waals surface area contributed by atoms with E-state index in [-0.39, 0.29) is 12.5 Å². The summed E-state index contributed by atoms with van der Waals surface area (Å²) in [4.78, 5) is 10.6. The first-order valence-corrected chi connectivity index (χ1v) is 6.99. The van der Waals surface area contributed by atoms with Crippen LogP contribution in [0.1, 0.15) is 32.3 Å². The van der Waals surface area contributed by atoms with Crippen LogP contribution in [0.2, 0.25) is 0 Å².